The van der Waals surface area contributed by atoms with Gasteiger partial charge in [0.2, 0.25) is 0 Å². The minimum absolute atomic E-state index is 0.0339. The van der Waals surface area contributed by atoms with Crippen LogP contribution in [0.25, 0.3) is 11.1 Å². The van der Waals surface area contributed by atoms with E-state index >= 15 is 0 Å². The van der Waals surface area contributed by atoms with Gasteiger partial charge in [0.05, 0.1) is 24.0 Å². The molecule has 3 unspecified atom stereocenters. The standard InChI is InChI=1S/C25H26O3/c1-4-15-5-7-16(8-6-15)17-11-13(2)20(14(3)12-17)23-24(26)21-18-9-10-19(28-18)22(21)25(23)27/h5-8,11-12,18-19,21-23H,4,9-10H2,1-3H3/t18?,19?,21-,22+,23?. The average Bonchev–Trinajstić information content (AvgIpc) is 3.37. The zero-order chi connectivity index (χ0) is 19.6. The van der Waals surface area contributed by atoms with E-state index in [2.05, 4.69) is 43.3 Å². The lowest BCUT2D eigenvalue weighted by Gasteiger charge is -2.19. The Hall–Kier alpha value is -2.26. The molecule has 0 aromatic heterocycles. The molecule has 0 spiro atoms. The van der Waals surface area contributed by atoms with Crippen molar-refractivity contribution in [3.8, 4) is 11.1 Å². The van der Waals surface area contributed by atoms with Crippen LogP contribution in [0.4, 0.5) is 0 Å². The summed E-state index contributed by atoms with van der Waals surface area (Å²) in [5.74, 6) is -0.840. The molecule has 0 amide bonds. The normalized spacial score (nSPS) is 30.9. The van der Waals surface area contributed by atoms with Crippen LogP contribution >= 0.6 is 0 Å². The lowest BCUT2D eigenvalue weighted by molar-refractivity contribution is -0.127. The first kappa shape index (κ1) is 17.8. The molecule has 3 nitrogen and oxygen atoms in total. The number of carbonyl (C=O) groups is 2. The fourth-order valence-corrected chi connectivity index (χ4v) is 5.74. The summed E-state index contributed by atoms with van der Waals surface area (Å²) in [7, 11) is 0. The third-order valence-corrected chi connectivity index (χ3v) is 7.08. The summed E-state index contributed by atoms with van der Waals surface area (Å²) in [5, 5.41) is 0. The number of Topliss-reactive ketones (excluding diaryl/α,β-unsaturated/α-hetero) is 2. The van der Waals surface area contributed by atoms with Crippen molar-refractivity contribution in [1.29, 1.82) is 0 Å². The predicted octanol–water partition coefficient (Wildman–Crippen LogP) is 4.56. The van der Waals surface area contributed by atoms with Gasteiger partial charge < -0.3 is 4.74 Å². The van der Waals surface area contributed by atoms with Crippen LogP contribution < -0.4 is 0 Å². The minimum atomic E-state index is -0.599. The second-order valence-corrected chi connectivity index (χ2v) is 8.65. The maximum Gasteiger partial charge on any atom is 0.154 e. The van der Waals surface area contributed by atoms with E-state index in [-0.39, 0.29) is 35.6 Å². The van der Waals surface area contributed by atoms with E-state index < -0.39 is 5.92 Å². The van der Waals surface area contributed by atoms with E-state index in [1.807, 2.05) is 13.8 Å². The van der Waals surface area contributed by atoms with Crippen LogP contribution in [-0.4, -0.2) is 23.8 Å². The molecule has 2 aromatic carbocycles. The maximum absolute atomic E-state index is 13.2. The Balaban J connectivity index is 1.52. The van der Waals surface area contributed by atoms with E-state index in [9.17, 15) is 9.59 Å². The second-order valence-electron chi connectivity index (χ2n) is 8.65. The maximum atomic E-state index is 13.2. The SMILES string of the molecule is CCc1ccc(-c2cc(C)c(C3C(=O)[C@@H]4C5CCC(O5)[C@@H]4C3=O)c(C)c2)cc1. The zero-order valence-corrected chi connectivity index (χ0v) is 16.7. The van der Waals surface area contributed by atoms with E-state index in [0.29, 0.717) is 0 Å². The van der Waals surface area contributed by atoms with Crippen LogP contribution in [-0.2, 0) is 20.7 Å². The molecule has 5 rings (SSSR count). The van der Waals surface area contributed by atoms with Gasteiger partial charge in [-0.2, -0.15) is 0 Å². The summed E-state index contributed by atoms with van der Waals surface area (Å²) >= 11 is 0. The van der Waals surface area contributed by atoms with E-state index in [0.717, 1.165) is 41.5 Å². The van der Waals surface area contributed by atoms with Crippen LogP contribution in [0.15, 0.2) is 36.4 Å². The van der Waals surface area contributed by atoms with E-state index in [4.69, 9.17) is 4.74 Å². The Morgan fingerprint density at radius 3 is 1.89 bits per heavy atom. The van der Waals surface area contributed by atoms with Gasteiger partial charge in [0, 0.05) is 0 Å². The predicted molar refractivity (Wildman–Crippen MR) is 108 cm³/mol. The number of ketones is 2. The van der Waals surface area contributed by atoms with Crippen LogP contribution in [0.1, 0.15) is 47.9 Å². The molecule has 3 fully saturated rings. The molecule has 2 aliphatic heterocycles. The fourth-order valence-electron chi connectivity index (χ4n) is 5.74. The average molecular weight is 374 g/mol. The van der Waals surface area contributed by atoms with Gasteiger partial charge in [-0.05, 0) is 66.5 Å². The molecule has 28 heavy (non-hydrogen) atoms. The molecule has 3 aliphatic rings. The molecule has 2 saturated heterocycles. The molecule has 3 heteroatoms. The quantitative estimate of drug-likeness (QED) is 0.740. The van der Waals surface area contributed by atoms with Crippen molar-refractivity contribution in [2.24, 2.45) is 11.8 Å². The van der Waals surface area contributed by atoms with Crippen molar-refractivity contribution in [2.45, 2.75) is 58.2 Å². The van der Waals surface area contributed by atoms with Crippen molar-refractivity contribution >= 4 is 11.6 Å². The Morgan fingerprint density at radius 2 is 1.39 bits per heavy atom. The molecule has 2 aromatic rings. The molecule has 2 bridgehead atoms. The Labute approximate surface area is 166 Å². The topological polar surface area (TPSA) is 43.4 Å². The van der Waals surface area contributed by atoms with Gasteiger partial charge in [0.25, 0.3) is 0 Å². The number of benzene rings is 2. The first-order valence-electron chi connectivity index (χ1n) is 10.4. The zero-order valence-electron chi connectivity index (χ0n) is 16.7. The number of hydrogen-bond acceptors (Lipinski definition) is 3. The molecule has 2 heterocycles. The Morgan fingerprint density at radius 1 is 0.857 bits per heavy atom. The summed E-state index contributed by atoms with van der Waals surface area (Å²) in [6.45, 7) is 6.22. The molecule has 1 saturated carbocycles. The second kappa shape index (κ2) is 6.38. The highest BCUT2D eigenvalue weighted by Crippen LogP contribution is 2.53. The highest BCUT2D eigenvalue weighted by Gasteiger charge is 2.63. The van der Waals surface area contributed by atoms with Crippen molar-refractivity contribution in [1.82, 2.24) is 0 Å². The van der Waals surface area contributed by atoms with Crippen molar-refractivity contribution < 1.29 is 14.3 Å². The number of hydrogen-bond donors (Lipinski definition) is 0. The lowest BCUT2D eigenvalue weighted by Crippen LogP contribution is -2.29. The van der Waals surface area contributed by atoms with E-state index in [1.165, 1.54) is 11.1 Å². The third kappa shape index (κ3) is 2.45. The molecule has 0 N–H and O–H groups in total. The highest BCUT2D eigenvalue weighted by atomic mass is 16.5. The van der Waals surface area contributed by atoms with Crippen LogP contribution in [0.2, 0.25) is 0 Å². The largest absolute Gasteiger partial charge is 0.373 e. The van der Waals surface area contributed by atoms with Crippen LogP contribution in [0.5, 0.6) is 0 Å². The molecular formula is C25H26O3. The summed E-state index contributed by atoms with van der Waals surface area (Å²) in [5.41, 5.74) is 6.63. The number of fused-ring (bicyclic) bond motifs is 5. The number of ether oxygens (including phenoxy) is 1. The fraction of sp³-hybridized carbons (Fsp3) is 0.440. The minimum Gasteiger partial charge on any atom is -0.373 e. The smallest absolute Gasteiger partial charge is 0.154 e. The van der Waals surface area contributed by atoms with Crippen LogP contribution in [0, 0.1) is 25.7 Å². The Bertz CT molecular complexity index is 921. The first-order chi connectivity index (χ1) is 13.5. The molecule has 144 valence electrons. The summed E-state index contributed by atoms with van der Waals surface area (Å²) in [6, 6.07) is 12.9. The van der Waals surface area contributed by atoms with Crippen LogP contribution in [0.3, 0.4) is 0 Å². The van der Waals surface area contributed by atoms with Gasteiger partial charge in [-0.1, -0.05) is 43.3 Å². The van der Waals surface area contributed by atoms with Gasteiger partial charge in [0.1, 0.15) is 5.92 Å². The van der Waals surface area contributed by atoms with Crippen molar-refractivity contribution in [3.05, 3.63) is 58.7 Å². The molecular weight excluding hydrogens is 348 g/mol. The Kier molecular flexibility index (Phi) is 4.06. The van der Waals surface area contributed by atoms with Gasteiger partial charge >= 0.3 is 0 Å². The van der Waals surface area contributed by atoms with E-state index in [1.54, 1.807) is 0 Å². The summed E-state index contributed by atoms with van der Waals surface area (Å²) in [6.07, 6.45) is 2.80. The van der Waals surface area contributed by atoms with Crippen molar-refractivity contribution in [3.63, 3.8) is 0 Å². The third-order valence-electron chi connectivity index (χ3n) is 7.08. The first-order valence-corrected chi connectivity index (χ1v) is 10.4. The number of carbonyl (C=O) groups excluding carboxylic acids is 2. The molecule has 0 radical (unpaired) electrons. The molecule has 1 aliphatic carbocycles. The summed E-state index contributed by atoms with van der Waals surface area (Å²) in [4.78, 5) is 26.4. The number of rotatable bonds is 3. The van der Waals surface area contributed by atoms with Gasteiger partial charge in [-0.15, -0.1) is 0 Å². The number of aryl methyl sites for hydroxylation is 3. The van der Waals surface area contributed by atoms with Gasteiger partial charge in [-0.3, -0.25) is 9.59 Å². The van der Waals surface area contributed by atoms with Gasteiger partial charge in [0.15, 0.2) is 11.6 Å². The molecule has 5 atom stereocenters. The van der Waals surface area contributed by atoms with Gasteiger partial charge in [-0.25, -0.2) is 0 Å². The van der Waals surface area contributed by atoms with Crippen molar-refractivity contribution in [2.75, 3.05) is 0 Å². The highest BCUT2D eigenvalue weighted by molar-refractivity contribution is 6.17. The lowest BCUT2D eigenvalue weighted by atomic mass is 9.81. The monoisotopic (exact) mass is 374 g/mol. The summed E-state index contributed by atoms with van der Waals surface area (Å²) < 4.78 is 5.88.